The van der Waals surface area contributed by atoms with E-state index in [1.54, 1.807) is 4.68 Å². The average molecular weight is 299 g/mol. The van der Waals surface area contributed by atoms with Crippen LogP contribution in [0.15, 0.2) is 6.20 Å². The molecule has 2 aliphatic rings. The molecule has 0 saturated carbocycles. The van der Waals surface area contributed by atoms with E-state index in [0.29, 0.717) is 5.41 Å². The maximum absolute atomic E-state index is 12.6. The Kier molecular flexibility index (Phi) is 4.39. The van der Waals surface area contributed by atoms with Crippen molar-refractivity contribution in [1.82, 2.24) is 20.0 Å². The molecule has 1 aromatic rings. The standard InChI is InChI=1S/C14H22N4O.ClH/c1-11-12(9-17(2)16-11)13(19)18-8-5-14(10-18)3-6-15-7-4-14;/h9,15H,3-8,10H2,1-2H3;1H. The molecule has 0 unspecified atom stereocenters. The van der Waals surface area contributed by atoms with Crippen LogP contribution in [0.5, 0.6) is 0 Å². The summed E-state index contributed by atoms with van der Waals surface area (Å²) >= 11 is 0. The summed E-state index contributed by atoms with van der Waals surface area (Å²) < 4.78 is 1.72. The summed E-state index contributed by atoms with van der Waals surface area (Å²) in [7, 11) is 1.86. The number of hydrogen-bond donors (Lipinski definition) is 1. The number of nitrogens with one attached hydrogen (secondary N) is 1. The third-order valence-corrected chi connectivity index (χ3v) is 4.63. The Balaban J connectivity index is 0.00000147. The van der Waals surface area contributed by atoms with E-state index in [2.05, 4.69) is 10.4 Å². The molecule has 0 atom stereocenters. The zero-order chi connectivity index (χ0) is 13.5. The number of halogens is 1. The number of aryl methyl sites for hydroxylation is 2. The van der Waals surface area contributed by atoms with Crippen LogP contribution in [0.25, 0.3) is 0 Å². The summed E-state index contributed by atoms with van der Waals surface area (Å²) in [5.74, 6) is 0.154. The first-order valence-electron chi connectivity index (χ1n) is 7.10. The molecule has 6 heteroatoms. The summed E-state index contributed by atoms with van der Waals surface area (Å²) in [6.07, 6.45) is 5.39. The van der Waals surface area contributed by atoms with Crippen molar-refractivity contribution in [1.29, 1.82) is 0 Å². The highest BCUT2D eigenvalue weighted by Crippen LogP contribution is 2.39. The van der Waals surface area contributed by atoms with Gasteiger partial charge < -0.3 is 10.2 Å². The summed E-state index contributed by atoms with van der Waals surface area (Å²) in [5.41, 5.74) is 1.96. The van der Waals surface area contributed by atoms with Gasteiger partial charge >= 0.3 is 0 Å². The lowest BCUT2D eigenvalue weighted by atomic mass is 9.78. The van der Waals surface area contributed by atoms with Crippen LogP contribution in [0.4, 0.5) is 0 Å². The Bertz CT molecular complexity index is 493. The minimum atomic E-state index is 0. The fraction of sp³-hybridized carbons (Fsp3) is 0.714. The van der Waals surface area contributed by atoms with E-state index in [4.69, 9.17) is 0 Å². The number of nitrogens with zero attached hydrogens (tertiary/aromatic N) is 3. The van der Waals surface area contributed by atoms with E-state index >= 15 is 0 Å². The largest absolute Gasteiger partial charge is 0.338 e. The Morgan fingerprint density at radius 2 is 2.05 bits per heavy atom. The Labute approximate surface area is 126 Å². The highest BCUT2D eigenvalue weighted by atomic mass is 35.5. The average Bonchev–Trinajstić information content (AvgIpc) is 2.94. The Morgan fingerprint density at radius 1 is 1.35 bits per heavy atom. The second kappa shape index (κ2) is 5.74. The smallest absolute Gasteiger partial charge is 0.257 e. The number of aromatic nitrogens is 2. The van der Waals surface area contributed by atoms with Crippen molar-refractivity contribution in [2.24, 2.45) is 12.5 Å². The number of hydrogen-bond acceptors (Lipinski definition) is 3. The second-order valence-corrected chi connectivity index (χ2v) is 6.03. The molecular weight excluding hydrogens is 276 g/mol. The molecule has 1 aromatic heterocycles. The van der Waals surface area contributed by atoms with Crippen molar-refractivity contribution in [2.75, 3.05) is 26.2 Å². The molecule has 1 N–H and O–H groups in total. The van der Waals surface area contributed by atoms with Gasteiger partial charge in [0.1, 0.15) is 0 Å². The molecule has 20 heavy (non-hydrogen) atoms. The molecule has 2 saturated heterocycles. The maximum atomic E-state index is 12.6. The number of piperidine rings is 1. The summed E-state index contributed by atoms with van der Waals surface area (Å²) in [5, 5.41) is 7.67. The second-order valence-electron chi connectivity index (χ2n) is 6.03. The predicted octanol–water partition coefficient (Wildman–Crippen LogP) is 1.37. The van der Waals surface area contributed by atoms with E-state index in [1.165, 1.54) is 12.8 Å². The van der Waals surface area contributed by atoms with Gasteiger partial charge in [0, 0.05) is 26.3 Å². The van der Waals surface area contributed by atoms with Gasteiger partial charge in [0.2, 0.25) is 0 Å². The Morgan fingerprint density at radius 3 is 2.65 bits per heavy atom. The van der Waals surface area contributed by atoms with Gasteiger partial charge in [0.25, 0.3) is 5.91 Å². The van der Waals surface area contributed by atoms with Crippen molar-refractivity contribution in [3.05, 3.63) is 17.5 Å². The van der Waals surface area contributed by atoms with Crippen molar-refractivity contribution < 1.29 is 4.79 Å². The molecule has 2 aliphatic heterocycles. The molecule has 0 bridgehead atoms. The summed E-state index contributed by atoms with van der Waals surface area (Å²) in [4.78, 5) is 14.6. The van der Waals surface area contributed by atoms with Crippen molar-refractivity contribution in [2.45, 2.75) is 26.2 Å². The fourth-order valence-electron chi connectivity index (χ4n) is 3.45. The number of carbonyl (C=O) groups excluding carboxylic acids is 1. The first kappa shape index (κ1) is 15.3. The lowest BCUT2D eigenvalue weighted by molar-refractivity contribution is 0.0761. The third kappa shape index (κ3) is 2.69. The van der Waals surface area contributed by atoms with Crippen LogP contribution in [0.1, 0.15) is 35.3 Å². The number of likely N-dealkylation sites (tertiary alicyclic amines) is 1. The van der Waals surface area contributed by atoms with Crippen LogP contribution >= 0.6 is 12.4 Å². The van der Waals surface area contributed by atoms with Crippen LogP contribution in [-0.2, 0) is 7.05 Å². The fourth-order valence-corrected chi connectivity index (χ4v) is 3.45. The topological polar surface area (TPSA) is 50.2 Å². The van der Waals surface area contributed by atoms with Crippen LogP contribution in [0, 0.1) is 12.3 Å². The third-order valence-electron chi connectivity index (χ3n) is 4.63. The molecule has 0 aliphatic carbocycles. The van der Waals surface area contributed by atoms with Crippen LogP contribution in [0.3, 0.4) is 0 Å². The summed E-state index contributed by atoms with van der Waals surface area (Å²) in [6.45, 7) is 5.90. The zero-order valence-corrected chi connectivity index (χ0v) is 13.0. The van der Waals surface area contributed by atoms with Gasteiger partial charge in [0.05, 0.1) is 11.3 Å². The highest BCUT2D eigenvalue weighted by molar-refractivity contribution is 5.95. The van der Waals surface area contributed by atoms with Gasteiger partial charge in [-0.3, -0.25) is 9.48 Å². The molecule has 1 amide bonds. The van der Waals surface area contributed by atoms with E-state index in [0.717, 1.165) is 43.9 Å². The Hall–Kier alpha value is -1.07. The van der Waals surface area contributed by atoms with Crippen molar-refractivity contribution in [3.63, 3.8) is 0 Å². The van der Waals surface area contributed by atoms with Gasteiger partial charge in [-0.25, -0.2) is 0 Å². The van der Waals surface area contributed by atoms with Crippen molar-refractivity contribution >= 4 is 18.3 Å². The van der Waals surface area contributed by atoms with Gasteiger partial charge in [0.15, 0.2) is 0 Å². The normalized spacial score (nSPS) is 21.0. The van der Waals surface area contributed by atoms with Crippen LogP contribution in [0.2, 0.25) is 0 Å². The van der Waals surface area contributed by atoms with Crippen LogP contribution in [-0.4, -0.2) is 46.8 Å². The highest BCUT2D eigenvalue weighted by Gasteiger charge is 2.41. The van der Waals surface area contributed by atoms with E-state index in [1.807, 2.05) is 25.1 Å². The molecular formula is C14H23ClN4O. The molecule has 1 spiro atoms. The number of amides is 1. The van der Waals surface area contributed by atoms with E-state index in [-0.39, 0.29) is 18.3 Å². The minimum absolute atomic E-state index is 0. The van der Waals surface area contributed by atoms with Gasteiger partial charge in [-0.1, -0.05) is 0 Å². The van der Waals surface area contributed by atoms with E-state index < -0.39 is 0 Å². The first-order valence-corrected chi connectivity index (χ1v) is 7.10. The predicted molar refractivity (Wildman–Crippen MR) is 80.3 cm³/mol. The molecule has 0 aromatic carbocycles. The number of carbonyl (C=O) groups is 1. The lowest BCUT2D eigenvalue weighted by Gasteiger charge is -2.33. The zero-order valence-electron chi connectivity index (χ0n) is 12.2. The molecule has 2 fully saturated rings. The van der Waals surface area contributed by atoms with Crippen LogP contribution < -0.4 is 5.32 Å². The maximum Gasteiger partial charge on any atom is 0.257 e. The molecule has 3 rings (SSSR count). The van der Waals surface area contributed by atoms with E-state index in [9.17, 15) is 4.79 Å². The van der Waals surface area contributed by atoms with Crippen molar-refractivity contribution in [3.8, 4) is 0 Å². The molecule has 5 nitrogen and oxygen atoms in total. The molecule has 112 valence electrons. The first-order chi connectivity index (χ1) is 9.10. The van der Waals surface area contributed by atoms with Gasteiger partial charge in [-0.05, 0) is 44.7 Å². The van der Waals surface area contributed by atoms with Gasteiger partial charge in [-0.15, -0.1) is 12.4 Å². The quantitative estimate of drug-likeness (QED) is 0.852. The summed E-state index contributed by atoms with van der Waals surface area (Å²) in [6, 6.07) is 0. The molecule has 3 heterocycles. The lowest BCUT2D eigenvalue weighted by Crippen LogP contribution is -2.39. The minimum Gasteiger partial charge on any atom is -0.338 e. The monoisotopic (exact) mass is 298 g/mol. The SMILES string of the molecule is Cc1nn(C)cc1C(=O)N1CCC2(CCNCC2)C1.Cl. The molecule has 0 radical (unpaired) electrons. The van der Waals surface area contributed by atoms with Gasteiger partial charge in [-0.2, -0.15) is 5.10 Å². The number of rotatable bonds is 1.